The van der Waals surface area contributed by atoms with Crippen LogP contribution < -0.4 is 4.90 Å². The van der Waals surface area contributed by atoms with E-state index in [-0.39, 0.29) is 0 Å². The molecule has 2 aromatic rings. The van der Waals surface area contributed by atoms with Gasteiger partial charge in [-0.3, -0.25) is 4.68 Å². The molecule has 1 aliphatic heterocycles. The van der Waals surface area contributed by atoms with Crippen LogP contribution >= 0.6 is 0 Å². The molecule has 2 aromatic heterocycles. The highest BCUT2D eigenvalue weighted by molar-refractivity contribution is 5.41. The van der Waals surface area contributed by atoms with Crippen molar-refractivity contribution in [3.05, 3.63) is 30.5 Å². The largest absolute Gasteiger partial charge is 0.350 e. The Labute approximate surface area is 110 Å². The summed E-state index contributed by atoms with van der Waals surface area (Å²) in [5, 5.41) is 20.9. The number of hydrogen-bond acceptors (Lipinski definition) is 6. The third-order valence-corrected chi connectivity index (χ3v) is 3.30. The quantitative estimate of drug-likeness (QED) is 0.799. The summed E-state index contributed by atoms with van der Waals surface area (Å²) in [6.07, 6.45) is 5.49. The third-order valence-electron chi connectivity index (χ3n) is 3.30. The van der Waals surface area contributed by atoms with Crippen LogP contribution in [0.3, 0.4) is 0 Å². The third kappa shape index (κ3) is 2.38. The first kappa shape index (κ1) is 11.6. The lowest BCUT2D eigenvalue weighted by molar-refractivity contribution is 0.505. The molecule has 7 nitrogen and oxygen atoms in total. The van der Waals surface area contributed by atoms with Gasteiger partial charge in [0, 0.05) is 6.54 Å². The van der Waals surface area contributed by atoms with Gasteiger partial charge in [0.05, 0.1) is 12.6 Å². The van der Waals surface area contributed by atoms with E-state index in [4.69, 9.17) is 5.26 Å². The summed E-state index contributed by atoms with van der Waals surface area (Å²) >= 11 is 0. The maximum absolute atomic E-state index is 8.73. The van der Waals surface area contributed by atoms with Crippen LogP contribution in [0, 0.1) is 11.3 Å². The number of hydrogen-bond donors (Lipinski definition) is 0. The smallest absolute Gasteiger partial charge is 0.163 e. The number of nitriles is 1. The van der Waals surface area contributed by atoms with Gasteiger partial charge in [-0.2, -0.15) is 10.4 Å². The Kier molecular flexibility index (Phi) is 3.06. The Hall–Kier alpha value is -2.49. The van der Waals surface area contributed by atoms with Gasteiger partial charge in [-0.25, -0.2) is 4.98 Å². The number of anilines is 1. The van der Waals surface area contributed by atoms with Crippen molar-refractivity contribution in [2.45, 2.75) is 25.4 Å². The summed E-state index contributed by atoms with van der Waals surface area (Å²) < 4.78 is 1.83. The summed E-state index contributed by atoms with van der Waals surface area (Å²) in [5.41, 5.74) is 0.343. The van der Waals surface area contributed by atoms with Gasteiger partial charge in [0.15, 0.2) is 11.5 Å². The lowest BCUT2D eigenvalue weighted by Crippen LogP contribution is -2.33. The van der Waals surface area contributed by atoms with E-state index in [1.165, 1.54) is 0 Å². The van der Waals surface area contributed by atoms with Gasteiger partial charge in [-0.1, -0.05) is 0 Å². The van der Waals surface area contributed by atoms with Crippen molar-refractivity contribution in [2.75, 3.05) is 11.4 Å². The van der Waals surface area contributed by atoms with Crippen LogP contribution in [-0.2, 0) is 6.54 Å². The summed E-state index contributed by atoms with van der Waals surface area (Å²) in [5.74, 6) is 0.821. The highest BCUT2D eigenvalue weighted by atomic mass is 15.4. The molecule has 0 aliphatic carbocycles. The van der Waals surface area contributed by atoms with E-state index in [0.717, 1.165) is 31.7 Å². The van der Waals surface area contributed by atoms with Gasteiger partial charge in [0.1, 0.15) is 18.7 Å². The molecule has 19 heavy (non-hydrogen) atoms. The topological polar surface area (TPSA) is 83.5 Å². The molecule has 1 unspecified atom stereocenters. The van der Waals surface area contributed by atoms with Crippen LogP contribution in [0.1, 0.15) is 18.5 Å². The number of aromatic nitrogens is 5. The van der Waals surface area contributed by atoms with Gasteiger partial charge in [0.2, 0.25) is 0 Å². The van der Waals surface area contributed by atoms with Crippen molar-refractivity contribution in [1.82, 2.24) is 25.0 Å². The van der Waals surface area contributed by atoms with Crippen LogP contribution in [0.15, 0.2) is 24.8 Å². The minimum atomic E-state index is 0.343. The number of rotatable bonds is 3. The molecular weight excluding hydrogens is 242 g/mol. The zero-order valence-electron chi connectivity index (χ0n) is 10.3. The first-order valence-electron chi connectivity index (χ1n) is 6.20. The molecule has 0 radical (unpaired) electrons. The molecule has 3 rings (SSSR count). The first-order chi connectivity index (χ1) is 9.36. The second-order valence-corrected chi connectivity index (χ2v) is 4.50. The average molecular weight is 255 g/mol. The molecule has 0 saturated carbocycles. The predicted molar refractivity (Wildman–Crippen MR) is 67.1 cm³/mol. The molecule has 0 aromatic carbocycles. The Morgan fingerprint density at radius 1 is 1.37 bits per heavy atom. The molecule has 1 atom stereocenters. The lowest BCUT2D eigenvalue weighted by atomic mass is 10.2. The molecule has 1 fully saturated rings. The van der Waals surface area contributed by atoms with Crippen molar-refractivity contribution in [3.63, 3.8) is 0 Å². The molecule has 0 bridgehead atoms. The Morgan fingerprint density at radius 3 is 3.00 bits per heavy atom. The monoisotopic (exact) mass is 255 g/mol. The molecule has 0 amide bonds. The Morgan fingerprint density at radius 2 is 2.32 bits per heavy atom. The normalized spacial score (nSPS) is 18.5. The molecule has 7 heteroatoms. The first-order valence-corrected chi connectivity index (χ1v) is 6.20. The fourth-order valence-electron chi connectivity index (χ4n) is 2.41. The van der Waals surface area contributed by atoms with Crippen LogP contribution in [-0.4, -0.2) is 37.5 Å². The van der Waals surface area contributed by atoms with Gasteiger partial charge >= 0.3 is 0 Å². The van der Waals surface area contributed by atoms with Crippen molar-refractivity contribution < 1.29 is 0 Å². The van der Waals surface area contributed by atoms with Crippen molar-refractivity contribution in [2.24, 2.45) is 0 Å². The second-order valence-electron chi connectivity index (χ2n) is 4.50. The van der Waals surface area contributed by atoms with E-state index in [2.05, 4.69) is 25.2 Å². The average Bonchev–Trinajstić information content (AvgIpc) is 3.11. The van der Waals surface area contributed by atoms with E-state index in [1.54, 1.807) is 18.7 Å². The van der Waals surface area contributed by atoms with Crippen LogP contribution in [0.4, 0.5) is 5.82 Å². The van der Waals surface area contributed by atoms with Gasteiger partial charge < -0.3 is 4.90 Å². The fraction of sp³-hybridized carbons (Fsp3) is 0.417. The molecule has 0 spiro atoms. The van der Waals surface area contributed by atoms with Crippen molar-refractivity contribution in [1.29, 1.82) is 5.26 Å². The second kappa shape index (κ2) is 5.02. The van der Waals surface area contributed by atoms with Crippen molar-refractivity contribution in [3.8, 4) is 6.07 Å². The SMILES string of the molecule is N#Cc1ccc(N2CCCC2Cn2cncn2)nn1. The van der Waals surface area contributed by atoms with Gasteiger partial charge in [0.25, 0.3) is 0 Å². The zero-order chi connectivity index (χ0) is 13.1. The minimum Gasteiger partial charge on any atom is -0.350 e. The summed E-state index contributed by atoms with van der Waals surface area (Å²) in [6.45, 7) is 1.75. The van der Waals surface area contributed by atoms with E-state index in [0.29, 0.717) is 11.7 Å². The summed E-state index contributed by atoms with van der Waals surface area (Å²) in [6, 6.07) is 5.88. The van der Waals surface area contributed by atoms with Gasteiger partial charge in [-0.15, -0.1) is 10.2 Å². The number of nitrogens with zero attached hydrogens (tertiary/aromatic N) is 7. The van der Waals surface area contributed by atoms with E-state index in [9.17, 15) is 0 Å². The standard InChI is InChI=1S/C12H13N7/c13-6-10-3-4-12(17-16-10)19-5-1-2-11(19)7-18-9-14-8-15-18/h3-4,8-9,11H,1-2,5,7H2. The maximum Gasteiger partial charge on any atom is 0.163 e. The van der Waals surface area contributed by atoms with Crippen LogP contribution in [0.2, 0.25) is 0 Å². The summed E-state index contributed by atoms with van der Waals surface area (Å²) in [4.78, 5) is 6.17. The highest BCUT2D eigenvalue weighted by Gasteiger charge is 2.26. The van der Waals surface area contributed by atoms with Gasteiger partial charge in [-0.05, 0) is 25.0 Å². The predicted octanol–water partition coefficient (Wildman–Crippen LogP) is 0.609. The molecule has 3 heterocycles. The molecule has 0 N–H and O–H groups in total. The van der Waals surface area contributed by atoms with E-state index in [1.807, 2.05) is 16.8 Å². The molecular formula is C12H13N7. The van der Waals surface area contributed by atoms with Crippen molar-refractivity contribution >= 4 is 5.82 Å². The fourth-order valence-corrected chi connectivity index (χ4v) is 2.41. The van der Waals surface area contributed by atoms with Crippen LogP contribution in [0.5, 0.6) is 0 Å². The minimum absolute atomic E-state index is 0.343. The van der Waals surface area contributed by atoms with Crippen LogP contribution in [0.25, 0.3) is 0 Å². The maximum atomic E-state index is 8.73. The lowest BCUT2D eigenvalue weighted by Gasteiger charge is -2.24. The van der Waals surface area contributed by atoms with E-state index >= 15 is 0 Å². The Bertz CT molecular complexity index is 569. The molecule has 1 aliphatic rings. The Balaban J connectivity index is 1.76. The molecule has 96 valence electrons. The highest BCUT2D eigenvalue weighted by Crippen LogP contribution is 2.24. The summed E-state index contributed by atoms with van der Waals surface area (Å²) in [7, 11) is 0. The zero-order valence-corrected chi connectivity index (χ0v) is 10.3. The van der Waals surface area contributed by atoms with E-state index < -0.39 is 0 Å². The molecule has 1 saturated heterocycles.